The van der Waals surface area contributed by atoms with Crippen LogP contribution in [0.15, 0.2) is 11.6 Å². The summed E-state index contributed by atoms with van der Waals surface area (Å²) in [4.78, 5) is 10.6. The van der Waals surface area contributed by atoms with Crippen LogP contribution in [0.3, 0.4) is 0 Å². The molecule has 0 saturated carbocycles. The highest BCUT2D eigenvalue weighted by atomic mass is 16.4. The molecule has 0 unspecified atom stereocenters. The van der Waals surface area contributed by atoms with Crippen molar-refractivity contribution in [3.05, 3.63) is 11.6 Å². The molecule has 0 rings (SSSR count). The van der Waals surface area contributed by atoms with Crippen molar-refractivity contribution in [2.24, 2.45) is 0 Å². The number of aliphatic carboxylic acids is 1. The third-order valence-corrected chi connectivity index (χ3v) is 2.16. The van der Waals surface area contributed by atoms with E-state index in [1.165, 1.54) is 0 Å². The largest absolute Gasteiger partial charge is 0.478 e. The highest BCUT2D eigenvalue weighted by Crippen LogP contribution is 1.99. The molecule has 0 aliphatic heterocycles. The number of nitrogens with one attached hydrogen (secondary N) is 1. The van der Waals surface area contributed by atoms with Crippen LogP contribution in [0.25, 0.3) is 0 Å². The van der Waals surface area contributed by atoms with Gasteiger partial charge in [-0.15, -0.1) is 0 Å². The zero-order chi connectivity index (χ0) is 11.5. The Bertz CT molecular complexity index is 202. The van der Waals surface area contributed by atoms with Gasteiger partial charge in [0.2, 0.25) is 0 Å². The lowest BCUT2D eigenvalue weighted by Crippen LogP contribution is -2.16. The zero-order valence-corrected chi connectivity index (χ0v) is 9.33. The van der Waals surface area contributed by atoms with E-state index in [0.29, 0.717) is 18.5 Å². The molecule has 0 aromatic rings. The Hall–Kier alpha value is -0.870. The molecule has 0 bridgehead atoms. The van der Waals surface area contributed by atoms with Crippen molar-refractivity contribution in [2.75, 3.05) is 19.7 Å². The lowest BCUT2D eigenvalue weighted by molar-refractivity contribution is -0.132. The van der Waals surface area contributed by atoms with Crippen LogP contribution in [0.1, 0.15) is 32.6 Å². The third-order valence-electron chi connectivity index (χ3n) is 2.16. The van der Waals surface area contributed by atoms with Crippen molar-refractivity contribution in [2.45, 2.75) is 32.6 Å². The number of hydrogen-bond donors (Lipinski definition) is 3. The number of aliphatic hydroxyl groups is 1. The lowest BCUT2D eigenvalue weighted by Gasteiger charge is -2.02. The summed E-state index contributed by atoms with van der Waals surface area (Å²) in [5.74, 6) is -0.834. The van der Waals surface area contributed by atoms with Gasteiger partial charge in [0.05, 0.1) is 0 Å². The molecule has 0 radical (unpaired) electrons. The van der Waals surface area contributed by atoms with Crippen LogP contribution in [-0.4, -0.2) is 35.9 Å². The Kier molecular flexibility index (Phi) is 9.11. The van der Waals surface area contributed by atoms with Crippen LogP contribution < -0.4 is 5.32 Å². The van der Waals surface area contributed by atoms with E-state index in [1.807, 2.05) is 6.92 Å². The molecule has 0 fully saturated rings. The molecule has 0 aliphatic carbocycles. The van der Waals surface area contributed by atoms with Gasteiger partial charge in [-0.1, -0.05) is 13.0 Å². The van der Waals surface area contributed by atoms with E-state index in [0.717, 1.165) is 25.8 Å². The molecule has 0 aromatic heterocycles. The maximum Gasteiger partial charge on any atom is 0.331 e. The van der Waals surface area contributed by atoms with Gasteiger partial charge in [-0.05, 0) is 32.2 Å². The first-order valence-electron chi connectivity index (χ1n) is 5.46. The van der Waals surface area contributed by atoms with Gasteiger partial charge in [-0.25, -0.2) is 4.79 Å². The summed E-state index contributed by atoms with van der Waals surface area (Å²) in [6, 6.07) is 0. The standard InChI is InChI=1S/C11H21NO3/c1-2-10(11(14)15)6-8-12-7-4-3-5-9-13/h6,12-13H,2-5,7-9H2,1H3,(H,14,15). The number of aliphatic hydroxyl groups excluding tert-OH is 1. The molecule has 0 saturated heterocycles. The van der Waals surface area contributed by atoms with Crippen LogP contribution in [0.2, 0.25) is 0 Å². The first-order valence-corrected chi connectivity index (χ1v) is 5.46. The van der Waals surface area contributed by atoms with Gasteiger partial charge in [0.25, 0.3) is 0 Å². The number of unbranched alkanes of at least 4 members (excludes halogenated alkanes) is 2. The number of carbonyl (C=O) groups is 1. The highest BCUT2D eigenvalue weighted by molar-refractivity contribution is 5.86. The summed E-state index contributed by atoms with van der Waals surface area (Å²) < 4.78 is 0. The van der Waals surface area contributed by atoms with Crippen molar-refractivity contribution in [3.8, 4) is 0 Å². The van der Waals surface area contributed by atoms with Gasteiger partial charge in [-0.3, -0.25) is 0 Å². The Morgan fingerprint density at radius 3 is 2.60 bits per heavy atom. The summed E-state index contributed by atoms with van der Waals surface area (Å²) in [5.41, 5.74) is 0.456. The highest BCUT2D eigenvalue weighted by Gasteiger charge is 2.01. The zero-order valence-electron chi connectivity index (χ0n) is 9.33. The summed E-state index contributed by atoms with van der Waals surface area (Å²) in [5, 5.41) is 20.4. The number of carboxylic acids is 1. The van der Waals surface area contributed by atoms with Crippen LogP contribution in [0, 0.1) is 0 Å². The third kappa shape index (κ3) is 8.15. The molecule has 0 atom stereocenters. The summed E-state index contributed by atoms with van der Waals surface area (Å²) in [6.07, 6.45) is 5.14. The van der Waals surface area contributed by atoms with Gasteiger partial charge >= 0.3 is 5.97 Å². The molecule has 4 heteroatoms. The molecule has 0 aliphatic rings. The minimum Gasteiger partial charge on any atom is -0.478 e. The van der Waals surface area contributed by atoms with E-state index in [1.54, 1.807) is 6.08 Å². The van der Waals surface area contributed by atoms with Crippen molar-refractivity contribution < 1.29 is 15.0 Å². The Morgan fingerprint density at radius 1 is 1.33 bits per heavy atom. The topological polar surface area (TPSA) is 69.6 Å². The normalized spacial score (nSPS) is 11.7. The molecule has 15 heavy (non-hydrogen) atoms. The van der Waals surface area contributed by atoms with Gasteiger partial charge in [0.1, 0.15) is 0 Å². The summed E-state index contributed by atoms with van der Waals surface area (Å²) >= 11 is 0. The Balaban J connectivity index is 3.46. The Morgan fingerprint density at radius 2 is 2.07 bits per heavy atom. The first-order chi connectivity index (χ1) is 7.22. The molecule has 0 spiro atoms. The summed E-state index contributed by atoms with van der Waals surface area (Å²) in [7, 11) is 0. The molecular formula is C11H21NO3. The number of carboxylic acid groups (broad SMARTS) is 1. The van der Waals surface area contributed by atoms with Crippen molar-refractivity contribution >= 4 is 5.97 Å². The SMILES string of the molecule is CCC(=CCNCCCCCO)C(=O)O. The monoisotopic (exact) mass is 215 g/mol. The fraction of sp³-hybridized carbons (Fsp3) is 0.727. The molecule has 0 heterocycles. The number of rotatable bonds is 9. The molecule has 0 aromatic carbocycles. The van der Waals surface area contributed by atoms with Crippen molar-refractivity contribution in [1.82, 2.24) is 5.32 Å². The van der Waals surface area contributed by atoms with Crippen LogP contribution >= 0.6 is 0 Å². The van der Waals surface area contributed by atoms with Crippen LogP contribution in [0.5, 0.6) is 0 Å². The van der Waals surface area contributed by atoms with Gasteiger partial charge < -0.3 is 15.5 Å². The average Bonchev–Trinajstić information content (AvgIpc) is 2.21. The molecular weight excluding hydrogens is 194 g/mol. The van der Waals surface area contributed by atoms with E-state index in [4.69, 9.17) is 10.2 Å². The molecule has 0 amide bonds. The second-order valence-corrected chi connectivity index (χ2v) is 3.38. The van der Waals surface area contributed by atoms with E-state index in [-0.39, 0.29) is 6.61 Å². The van der Waals surface area contributed by atoms with Crippen molar-refractivity contribution in [1.29, 1.82) is 0 Å². The fourth-order valence-corrected chi connectivity index (χ4v) is 1.22. The fourth-order valence-electron chi connectivity index (χ4n) is 1.22. The Labute approximate surface area is 91.0 Å². The molecule has 4 nitrogen and oxygen atoms in total. The van der Waals surface area contributed by atoms with E-state index in [2.05, 4.69) is 5.32 Å². The van der Waals surface area contributed by atoms with Crippen LogP contribution in [0.4, 0.5) is 0 Å². The van der Waals surface area contributed by atoms with E-state index in [9.17, 15) is 4.79 Å². The second kappa shape index (κ2) is 9.68. The average molecular weight is 215 g/mol. The molecule has 88 valence electrons. The van der Waals surface area contributed by atoms with Gasteiger partial charge in [0.15, 0.2) is 0 Å². The maximum absolute atomic E-state index is 10.6. The van der Waals surface area contributed by atoms with Crippen molar-refractivity contribution in [3.63, 3.8) is 0 Å². The van der Waals surface area contributed by atoms with Gasteiger partial charge in [0, 0.05) is 18.7 Å². The van der Waals surface area contributed by atoms with E-state index < -0.39 is 5.97 Å². The molecule has 3 N–H and O–H groups in total. The quantitative estimate of drug-likeness (QED) is 0.399. The van der Waals surface area contributed by atoms with Gasteiger partial charge in [-0.2, -0.15) is 0 Å². The number of hydrogen-bond acceptors (Lipinski definition) is 3. The predicted molar refractivity (Wildman–Crippen MR) is 59.8 cm³/mol. The van der Waals surface area contributed by atoms with E-state index >= 15 is 0 Å². The minimum absolute atomic E-state index is 0.249. The summed E-state index contributed by atoms with van der Waals surface area (Å²) in [6.45, 7) is 3.56. The second-order valence-electron chi connectivity index (χ2n) is 3.38. The smallest absolute Gasteiger partial charge is 0.331 e. The predicted octanol–water partition coefficient (Wildman–Crippen LogP) is 1.16. The maximum atomic E-state index is 10.6. The van der Waals surface area contributed by atoms with Crippen LogP contribution in [-0.2, 0) is 4.79 Å². The lowest BCUT2D eigenvalue weighted by atomic mass is 10.2. The first kappa shape index (κ1) is 14.1. The minimum atomic E-state index is -0.834.